The Morgan fingerprint density at radius 2 is 2.06 bits per heavy atom. The second-order valence-corrected chi connectivity index (χ2v) is 5.13. The molecule has 0 aliphatic heterocycles. The Hall–Kier alpha value is -1.39. The fourth-order valence-electron chi connectivity index (χ4n) is 1.53. The molecule has 3 nitrogen and oxygen atoms in total. The maximum absolute atomic E-state index is 5.79. The Balaban J connectivity index is 2.21. The third kappa shape index (κ3) is 3.09. The molecule has 1 unspecified atom stereocenters. The van der Waals surface area contributed by atoms with Gasteiger partial charge in [-0.05, 0) is 43.7 Å². The molecule has 18 heavy (non-hydrogen) atoms. The van der Waals surface area contributed by atoms with Crippen LogP contribution in [0.1, 0.15) is 24.2 Å². The average Bonchev–Trinajstić information content (AvgIpc) is 2.34. The van der Waals surface area contributed by atoms with Crippen LogP contribution < -0.4 is 10.5 Å². The van der Waals surface area contributed by atoms with Crippen molar-refractivity contribution in [2.45, 2.75) is 19.9 Å². The fourth-order valence-corrected chi connectivity index (χ4v) is 1.87. The first-order valence-corrected chi connectivity index (χ1v) is 6.51. The van der Waals surface area contributed by atoms with E-state index < -0.39 is 0 Å². The molecule has 1 aromatic carbocycles. The van der Waals surface area contributed by atoms with E-state index in [0.717, 1.165) is 21.5 Å². The maximum atomic E-state index is 5.79. The minimum Gasteiger partial charge on any atom is -0.455 e. The number of aryl methyl sites for hydroxylation is 1. The maximum Gasteiger partial charge on any atom is 0.145 e. The molecular formula is C14H15BrN2O. The summed E-state index contributed by atoms with van der Waals surface area (Å²) < 4.78 is 6.78. The van der Waals surface area contributed by atoms with Crippen molar-refractivity contribution >= 4 is 15.9 Å². The molecular weight excluding hydrogens is 292 g/mol. The van der Waals surface area contributed by atoms with Gasteiger partial charge in [-0.1, -0.05) is 22.0 Å². The summed E-state index contributed by atoms with van der Waals surface area (Å²) in [6.45, 7) is 3.91. The van der Waals surface area contributed by atoms with E-state index in [1.54, 1.807) is 6.20 Å². The fraction of sp³-hybridized carbons (Fsp3) is 0.214. The van der Waals surface area contributed by atoms with E-state index >= 15 is 0 Å². The molecule has 0 aliphatic rings. The minimum absolute atomic E-state index is 0.0633. The third-order valence-electron chi connectivity index (χ3n) is 2.60. The first-order chi connectivity index (χ1) is 8.56. The van der Waals surface area contributed by atoms with Crippen LogP contribution in [-0.4, -0.2) is 4.98 Å². The van der Waals surface area contributed by atoms with Crippen LogP contribution in [0.15, 0.2) is 41.0 Å². The Labute approximate surface area is 115 Å². The van der Waals surface area contributed by atoms with E-state index in [2.05, 4.69) is 20.9 Å². The first-order valence-electron chi connectivity index (χ1n) is 5.72. The summed E-state index contributed by atoms with van der Waals surface area (Å²) >= 11 is 3.43. The Morgan fingerprint density at radius 3 is 2.67 bits per heavy atom. The second-order valence-electron chi connectivity index (χ2n) is 4.22. The number of nitrogens with zero attached hydrogens (tertiary/aromatic N) is 1. The van der Waals surface area contributed by atoms with Crippen LogP contribution in [0.5, 0.6) is 11.5 Å². The van der Waals surface area contributed by atoms with Gasteiger partial charge in [0.25, 0.3) is 0 Å². The zero-order valence-electron chi connectivity index (χ0n) is 10.4. The molecule has 0 amide bonds. The van der Waals surface area contributed by atoms with Gasteiger partial charge in [0.2, 0.25) is 0 Å². The van der Waals surface area contributed by atoms with Gasteiger partial charge < -0.3 is 10.5 Å². The highest BCUT2D eigenvalue weighted by Gasteiger charge is 2.04. The molecule has 1 aromatic heterocycles. The topological polar surface area (TPSA) is 48.1 Å². The number of rotatable bonds is 3. The molecule has 2 rings (SSSR count). The highest BCUT2D eigenvalue weighted by Crippen LogP contribution is 2.27. The molecule has 4 heteroatoms. The summed E-state index contributed by atoms with van der Waals surface area (Å²) in [7, 11) is 0. The number of hydrogen-bond donors (Lipinski definition) is 1. The van der Waals surface area contributed by atoms with E-state index in [1.807, 2.05) is 44.2 Å². The standard InChI is InChI=1S/C14H15BrN2O/c1-9-3-4-11(15)7-14(9)18-12-5-6-13(10(2)16)17-8-12/h3-8,10H,16H2,1-2H3. The van der Waals surface area contributed by atoms with Crippen molar-refractivity contribution in [3.63, 3.8) is 0 Å². The van der Waals surface area contributed by atoms with Gasteiger partial charge in [-0.2, -0.15) is 0 Å². The van der Waals surface area contributed by atoms with E-state index in [4.69, 9.17) is 10.5 Å². The predicted octanol–water partition coefficient (Wildman–Crippen LogP) is 3.96. The number of hydrogen-bond acceptors (Lipinski definition) is 3. The van der Waals surface area contributed by atoms with Gasteiger partial charge in [-0.3, -0.25) is 4.98 Å². The van der Waals surface area contributed by atoms with Crippen LogP contribution in [0, 0.1) is 6.92 Å². The van der Waals surface area contributed by atoms with Crippen molar-refractivity contribution < 1.29 is 4.74 Å². The lowest BCUT2D eigenvalue weighted by Gasteiger charge is -2.10. The SMILES string of the molecule is Cc1ccc(Br)cc1Oc1ccc(C(C)N)nc1. The number of benzene rings is 1. The summed E-state index contributed by atoms with van der Waals surface area (Å²) in [5.41, 5.74) is 7.68. The monoisotopic (exact) mass is 306 g/mol. The van der Waals surface area contributed by atoms with Crippen LogP contribution in [0.2, 0.25) is 0 Å². The lowest BCUT2D eigenvalue weighted by molar-refractivity contribution is 0.475. The van der Waals surface area contributed by atoms with E-state index in [-0.39, 0.29) is 6.04 Å². The van der Waals surface area contributed by atoms with E-state index in [1.165, 1.54) is 0 Å². The lowest BCUT2D eigenvalue weighted by Crippen LogP contribution is -2.06. The zero-order chi connectivity index (χ0) is 13.1. The molecule has 1 atom stereocenters. The van der Waals surface area contributed by atoms with Crippen molar-refractivity contribution in [2.75, 3.05) is 0 Å². The Morgan fingerprint density at radius 1 is 1.28 bits per heavy atom. The normalized spacial score (nSPS) is 12.2. The van der Waals surface area contributed by atoms with Crippen molar-refractivity contribution in [3.05, 3.63) is 52.3 Å². The van der Waals surface area contributed by atoms with Gasteiger partial charge in [-0.25, -0.2) is 0 Å². The van der Waals surface area contributed by atoms with Crippen LogP contribution in [0.25, 0.3) is 0 Å². The molecule has 94 valence electrons. The largest absolute Gasteiger partial charge is 0.455 e. The molecule has 0 bridgehead atoms. The van der Waals surface area contributed by atoms with Gasteiger partial charge in [0.05, 0.1) is 11.9 Å². The summed E-state index contributed by atoms with van der Waals surface area (Å²) in [5, 5.41) is 0. The predicted molar refractivity (Wildman–Crippen MR) is 75.8 cm³/mol. The minimum atomic E-state index is -0.0633. The molecule has 2 aromatic rings. The molecule has 0 radical (unpaired) electrons. The molecule has 0 saturated heterocycles. The highest BCUT2D eigenvalue weighted by atomic mass is 79.9. The van der Waals surface area contributed by atoms with Gasteiger partial charge in [0, 0.05) is 10.5 Å². The van der Waals surface area contributed by atoms with Gasteiger partial charge in [0.1, 0.15) is 11.5 Å². The number of pyridine rings is 1. The number of ether oxygens (including phenoxy) is 1. The average molecular weight is 307 g/mol. The van der Waals surface area contributed by atoms with Crippen molar-refractivity contribution in [3.8, 4) is 11.5 Å². The number of halogens is 1. The quantitative estimate of drug-likeness (QED) is 0.933. The summed E-state index contributed by atoms with van der Waals surface area (Å²) in [5.74, 6) is 1.53. The molecule has 0 fully saturated rings. The van der Waals surface area contributed by atoms with Crippen LogP contribution in [-0.2, 0) is 0 Å². The summed E-state index contributed by atoms with van der Waals surface area (Å²) in [6, 6.07) is 9.63. The lowest BCUT2D eigenvalue weighted by atomic mass is 10.2. The van der Waals surface area contributed by atoms with Crippen LogP contribution in [0.4, 0.5) is 0 Å². The summed E-state index contributed by atoms with van der Waals surface area (Å²) in [4.78, 5) is 4.26. The van der Waals surface area contributed by atoms with E-state index in [9.17, 15) is 0 Å². The van der Waals surface area contributed by atoms with Gasteiger partial charge >= 0.3 is 0 Å². The van der Waals surface area contributed by atoms with Gasteiger partial charge in [0.15, 0.2) is 0 Å². The Bertz CT molecular complexity index is 538. The highest BCUT2D eigenvalue weighted by molar-refractivity contribution is 9.10. The van der Waals surface area contributed by atoms with Crippen LogP contribution in [0.3, 0.4) is 0 Å². The van der Waals surface area contributed by atoms with Crippen LogP contribution >= 0.6 is 15.9 Å². The molecule has 0 saturated carbocycles. The molecule has 0 spiro atoms. The zero-order valence-corrected chi connectivity index (χ0v) is 11.9. The van der Waals surface area contributed by atoms with Crippen molar-refractivity contribution in [1.82, 2.24) is 4.98 Å². The molecule has 0 aliphatic carbocycles. The summed E-state index contributed by atoms with van der Waals surface area (Å²) in [6.07, 6.45) is 1.69. The first kappa shape index (κ1) is 13.1. The second kappa shape index (κ2) is 5.50. The number of aromatic nitrogens is 1. The van der Waals surface area contributed by atoms with Gasteiger partial charge in [-0.15, -0.1) is 0 Å². The Kier molecular flexibility index (Phi) is 3.99. The third-order valence-corrected chi connectivity index (χ3v) is 3.10. The smallest absolute Gasteiger partial charge is 0.145 e. The molecule has 1 heterocycles. The van der Waals surface area contributed by atoms with E-state index in [0.29, 0.717) is 5.75 Å². The molecule has 2 N–H and O–H groups in total. The number of nitrogens with two attached hydrogens (primary N) is 1. The van der Waals surface area contributed by atoms with Crippen molar-refractivity contribution in [2.24, 2.45) is 5.73 Å². The van der Waals surface area contributed by atoms with Crippen molar-refractivity contribution in [1.29, 1.82) is 0 Å².